The van der Waals surface area contributed by atoms with Crippen molar-refractivity contribution in [3.05, 3.63) is 52.6 Å². The van der Waals surface area contributed by atoms with E-state index >= 15 is 0 Å². The third kappa shape index (κ3) is 1.66. The normalized spacial score (nSPS) is 24.5. The fourth-order valence-corrected chi connectivity index (χ4v) is 3.99. The van der Waals surface area contributed by atoms with Gasteiger partial charge in [0.25, 0.3) is 0 Å². The maximum Gasteiger partial charge on any atom is 0.106 e. The molecule has 2 unspecified atom stereocenters. The zero-order valence-electron chi connectivity index (χ0n) is 12.0. The van der Waals surface area contributed by atoms with Gasteiger partial charge in [0.15, 0.2) is 0 Å². The quantitative estimate of drug-likeness (QED) is 0.863. The van der Waals surface area contributed by atoms with E-state index in [9.17, 15) is 0 Å². The van der Waals surface area contributed by atoms with E-state index in [2.05, 4.69) is 35.8 Å². The molecular weight excluding hydrogens is 246 g/mol. The third-order valence-electron chi connectivity index (χ3n) is 4.94. The highest BCUT2D eigenvalue weighted by Gasteiger charge is 2.34. The summed E-state index contributed by atoms with van der Waals surface area (Å²) in [7, 11) is 0. The van der Waals surface area contributed by atoms with E-state index in [1.165, 1.54) is 35.4 Å². The van der Waals surface area contributed by atoms with Crippen LogP contribution in [0.2, 0.25) is 0 Å². The number of hydrogen-bond donors (Lipinski definition) is 1. The maximum absolute atomic E-state index is 6.54. The Balaban J connectivity index is 1.78. The first kappa shape index (κ1) is 12.2. The van der Waals surface area contributed by atoms with Crippen LogP contribution in [0.15, 0.2) is 24.3 Å². The van der Waals surface area contributed by atoms with Gasteiger partial charge in [0, 0.05) is 5.69 Å². The second kappa shape index (κ2) is 4.45. The molecule has 20 heavy (non-hydrogen) atoms. The Bertz CT molecular complexity index is 656. The van der Waals surface area contributed by atoms with E-state index in [4.69, 9.17) is 10.7 Å². The molecule has 2 N–H and O–H groups in total. The maximum atomic E-state index is 6.54. The van der Waals surface area contributed by atoms with Crippen molar-refractivity contribution >= 4 is 0 Å². The van der Waals surface area contributed by atoms with Crippen LogP contribution in [0.25, 0.3) is 0 Å². The minimum atomic E-state index is 0.102. The van der Waals surface area contributed by atoms with Crippen molar-refractivity contribution in [2.45, 2.75) is 51.1 Å². The van der Waals surface area contributed by atoms with E-state index < -0.39 is 0 Å². The highest BCUT2D eigenvalue weighted by Crippen LogP contribution is 2.40. The Labute approximate surface area is 119 Å². The monoisotopic (exact) mass is 267 g/mol. The van der Waals surface area contributed by atoms with E-state index in [-0.39, 0.29) is 6.04 Å². The first-order chi connectivity index (χ1) is 9.75. The van der Waals surface area contributed by atoms with Gasteiger partial charge in [-0.25, -0.2) is 4.98 Å². The van der Waals surface area contributed by atoms with E-state index in [1.54, 1.807) is 0 Å². The molecular formula is C17H21N3. The lowest BCUT2D eigenvalue weighted by molar-refractivity contribution is 0.423. The van der Waals surface area contributed by atoms with Gasteiger partial charge < -0.3 is 10.3 Å². The van der Waals surface area contributed by atoms with Crippen molar-refractivity contribution in [3.8, 4) is 0 Å². The lowest BCUT2D eigenvalue weighted by Gasteiger charge is -2.23. The topological polar surface area (TPSA) is 43.8 Å². The number of rotatable bonds is 1. The van der Waals surface area contributed by atoms with Crippen LogP contribution in [0.3, 0.4) is 0 Å². The number of nitrogens with two attached hydrogens (primary N) is 1. The van der Waals surface area contributed by atoms with E-state index in [1.807, 2.05) is 0 Å². The Morgan fingerprint density at radius 2 is 2.00 bits per heavy atom. The molecule has 3 heteroatoms. The van der Waals surface area contributed by atoms with Crippen molar-refractivity contribution < 1.29 is 0 Å². The van der Waals surface area contributed by atoms with Crippen LogP contribution in [-0.4, -0.2) is 9.55 Å². The molecule has 0 saturated heterocycles. The number of aryl methyl sites for hydroxylation is 2. The number of benzene rings is 1. The van der Waals surface area contributed by atoms with Crippen molar-refractivity contribution in [2.75, 3.05) is 0 Å². The van der Waals surface area contributed by atoms with Gasteiger partial charge in [-0.1, -0.05) is 24.3 Å². The minimum absolute atomic E-state index is 0.102. The van der Waals surface area contributed by atoms with Crippen molar-refractivity contribution in [1.29, 1.82) is 0 Å². The largest absolute Gasteiger partial charge is 0.327 e. The third-order valence-corrected chi connectivity index (χ3v) is 4.94. The summed E-state index contributed by atoms with van der Waals surface area (Å²) in [6.45, 7) is 2.13. The Morgan fingerprint density at radius 1 is 1.20 bits per heavy atom. The summed E-state index contributed by atoms with van der Waals surface area (Å²) in [4.78, 5) is 4.80. The van der Waals surface area contributed by atoms with Gasteiger partial charge in [0.05, 0.1) is 17.8 Å². The van der Waals surface area contributed by atoms with Gasteiger partial charge in [-0.05, 0) is 50.2 Å². The van der Waals surface area contributed by atoms with Crippen LogP contribution in [0.1, 0.15) is 53.3 Å². The second-order valence-corrected chi connectivity index (χ2v) is 6.13. The summed E-state index contributed by atoms with van der Waals surface area (Å²) in [6.07, 6.45) is 5.90. The molecule has 0 bridgehead atoms. The Morgan fingerprint density at radius 3 is 2.85 bits per heavy atom. The second-order valence-electron chi connectivity index (χ2n) is 6.13. The average molecular weight is 267 g/mol. The Kier molecular flexibility index (Phi) is 2.71. The van der Waals surface area contributed by atoms with Crippen LogP contribution in [0.5, 0.6) is 0 Å². The summed E-state index contributed by atoms with van der Waals surface area (Å²) < 4.78 is 2.44. The minimum Gasteiger partial charge on any atom is -0.327 e. The van der Waals surface area contributed by atoms with Crippen molar-refractivity contribution in [3.63, 3.8) is 0 Å². The highest BCUT2D eigenvalue weighted by molar-refractivity contribution is 5.37. The molecule has 104 valence electrons. The van der Waals surface area contributed by atoms with Crippen molar-refractivity contribution in [2.24, 2.45) is 5.73 Å². The first-order valence-corrected chi connectivity index (χ1v) is 7.65. The molecule has 2 atom stereocenters. The molecule has 3 nitrogen and oxygen atoms in total. The summed E-state index contributed by atoms with van der Waals surface area (Å²) in [5, 5.41) is 0. The molecule has 0 aliphatic heterocycles. The predicted octanol–water partition coefficient (Wildman–Crippen LogP) is 2.87. The summed E-state index contributed by atoms with van der Waals surface area (Å²) >= 11 is 0. The molecule has 2 aliphatic carbocycles. The molecule has 0 spiro atoms. The van der Waals surface area contributed by atoms with Gasteiger partial charge in [-0.15, -0.1) is 0 Å². The summed E-state index contributed by atoms with van der Waals surface area (Å²) in [6, 6.07) is 9.06. The highest BCUT2D eigenvalue weighted by atomic mass is 15.1. The van der Waals surface area contributed by atoms with Crippen LogP contribution in [0, 0.1) is 6.92 Å². The molecule has 2 aromatic rings. The van der Waals surface area contributed by atoms with Crippen molar-refractivity contribution in [1.82, 2.24) is 9.55 Å². The zero-order valence-corrected chi connectivity index (χ0v) is 12.0. The number of hydrogen-bond acceptors (Lipinski definition) is 2. The number of imidazole rings is 1. The molecule has 0 fully saturated rings. The predicted molar refractivity (Wildman–Crippen MR) is 79.7 cm³/mol. The van der Waals surface area contributed by atoms with Crippen LogP contribution < -0.4 is 5.73 Å². The van der Waals surface area contributed by atoms with E-state index in [0.717, 1.165) is 25.1 Å². The molecule has 0 amide bonds. The smallest absolute Gasteiger partial charge is 0.106 e. The average Bonchev–Trinajstić information content (AvgIpc) is 2.96. The van der Waals surface area contributed by atoms with Gasteiger partial charge in [-0.2, -0.15) is 0 Å². The van der Waals surface area contributed by atoms with Gasteiger partial charge in [0.2, 0.25) is 0 Å². The van der Waals surface area contributed by atoms with Gasteiger partial charge in [0.1, 0.15) is 5.82 Å². The lowest BCUT2D eigenvalue weighted by Crippen LogP contribution is -2.24. The van der Waals surface area contributed by atoms with Crippen LogP contribution in [0.4, 0.5) is 0 Å². The molecule has 0 radical (unpaired) electrons. The van der Waals surface area contributed by atoms with Gasteiger partial charge in [-0.3, -0.25) is 0 Å². The lowest BCUT2D eigenvalue weighted by atomic mass is 10.00. The molecule has 1 aromatic carbocycles. The fourth-order valence-electron chi connectivity index (χ4n) is 3.99. The first-order valence-electron chi connectivity index (χ1n) is 7.65. The van der Waals surface area contributed by atoms with Crippen LogP contribution >= 0.6 is 0 Å². The number of aromatic nitrogens is 2. The number of nitrogens with zero attached hydrogens (tertiary/aromatic N) is 2. The molecule has 1 aromatic heterocycles. The van der Waals surface area contributed by atoms with Gasteiger partial charge >= 0.3 is 0 Å². The summed E-state index contributed by atoms with van der Waals surface area (Å²) in [5.41, 5.74) is 12.0. The van der Waals surface area contributed by atoms with E-state index in [0.29, 0.717) is 6.04 Å². The summed E-state index contributed by atoms with van der Waals surface area (Å²) in [5.74, 6) is 1.14. The Hall–Kier alpha value is -1.61. The zero-order chi connectivity index (χ0) is 13.7. The molecule has 1 heterocycles. The standard InChI is InChI=1S/C17H21N3/c1-11-19-14-8-4-5-9-15(14)20(11)16-10-12-6-2-3-7-13(12)17(16)18/h2-3,6-7,16-17H,4-5,8-10,18H2,1H3. The molecule has 0 saturated carbocycles. The van der Waals surface area contributed by atoms with Crippen LogP contribution in [-0.2, 0) is 19.3 Å². The molecule has 2 aliphatic rings. The SMILES string of the molecule is Cc1nc2c(n1C1Cc3ccccc3C1N)CCCC2. The number of fused-ring (bicyclic) bond motifs is 2. The fraction of sp³-hybridized carbons (Fsp3) is 0.471. The molecule has 4 rings (SSSR count).